The summed E-state index contributed by atoms with van der Waals surface area (Å²) >= 11 is 0. The fourth-order valence-corrected chi connectivity index (χ4v) is 2.82. The summed E-state index contributed by atoms with van der Waals surface area (Å²) in [6, 6.07) is 11.1. The Hall–Kier alpha value is -1.30. The molecule has 0 saturated carbocycles. The summed E-state index contributed by atoms with van der Waals surface area (Å²) in [6.07, 6.45) is 0. The molecule has 90 valence electrons. The molecule has 0 bridgehead atoms. The fraction of sp³-hybridized carbons (Fsp3) is 0.412. The van der Waals surface area contributed by atoms with Crippen molar-refractivity contribution in [1.82, 2.24) is 0 Å². The number of hydrogen-bond donors (Lipinski definition) is 0. The highest BCUT2D eigenvalue weighted by molar-refractivity contribution is 5.88. The second-order valence-corrected chi connectivity index (χ2v) is 5.54. The monoisotopic (exact) mass is 226 g/mol. The van der Waals surface area contributed by atoms with Crippen LogP contribution < -0.4 is 0 Å². The van der Waals surface area contributed by atoms with Gasteiger partial charge in [-0.3, -0.25) is 0 Å². The molecule has 0 aliphatic carbocycles. The predicted octanol–water partition coefficient (Wildman–Crippen LogP) is 5.40. The van der Waals surface area contributed by atoms with Crippen molar-refractivity contribution in [2.75, 3.05) is 0 Å². The van der Waals surface area contributed by atoms with E-state index in [-0.39, 0.29) is 0 Å². The summed E-state index contributed by atoms with van der Waals surface area (Å²) in [5.41, 5.74) is 4.51. The second kappa shape index (κ2) is 4.52. The van der Waals surface area contributed by atoms with Crippen molar-refractivity contribution in [3.05, 3.63) is 47.0 Å². The predicted molar refractivity (Wildman–Crippen MR) is 76.9 cm³/mol. The number of aryl methyl sites for hydroxylation is 1. The minimum Gasteiger partial charge on any atom is -0.0616 e. The van der Waals surface area contributed by atoms with Gasteiger partial charge in [-0.25, -0.2) is 0 Å². The highest BCUT2D eigenvalue weighted by Crippen LogP contribution is 2.34. The van der Waals surface area contributed by atoms with Crippen LogP contribution in [0.4, 0.5) is 0 Å². The Kier molecular flexibility index (Phi) is 3.24. The Morgan fingerprint density at radius 3 is 2.12 bits per heavy atom. The molecule has 2 rings (SSSR count). The third-order valence-electron chi connectivity index (χ3n) is 3.59. The average Bonchev–Trinajstić information content (AvgIpc) is 2.28. The van der Waals surface area contributed by atoms with Crippen LogP contribution in [0.3, 0.4) is 0 Å². The van der Waals surface area contributed by atoms with Crippen LogP contribution >= 0.6 is 0 Å². The van der Waals surface area contributed by atoms with E-state index in [2.05, 4.69) is 65.0 Å². The van der Waals surface area contributed by atoms with Gasteiger partial charge < -0.3 is 0 Å². The van der Waals surface area contributed by atoms with Crippen molar-refractivity contribution >= 4 is 10.8 Å². The van der Waals surface area contributed by atoms with Crippen molar-refractivity contribution in [1.29, 1.82) is 0 Å². The summed E-state index contributed by atoms with van der Waals surface area (Å²) in [4.78, 5) is 0. The third kappa shape index (κ3) is 2.09. The Bertz CT molecular complexity index is 533. The molecule has 0 spiro atoms. The van der Waals surface area contributed by atoms with Gasteiger partial charge in [0.05, 0.1) is 0 Å². The molecule has 0 unspecified atom stereocenters. The second-order valence-electron chi connectivity index (χ2n) is 5.54. The van der Waals surface area contributed by atoms with Gasteiger partial charge in [0.1, 0.15) is 0 Å². The molecule has 0 atom stereocenters. The van der Waals surface area contributed by atoms with E-state index in [1.165, 1.54) is 21.9 Å². The number of benzene rings is 2. The van der Waals surface area contributed by atoms with Gasteiger partial charge in [0.25, 0.3) is 0 Å². The summed E-state index contributed by atoms with van der Waals surface area (Å²) in [5, 5.41) is 2.78. The summed E-state index contributed by atoms with van der Waals surface area (Å²) in [5.74, 6) is 1.19. The van der Waals surface area contributed by atoms with E-state index >= 15 is 0 Å². The molecule has 2 aromatic carbocycles. The molecule has 0 heterocycles. The minimum absolute atomic E-state index is 0.593. The first-order chi connectivity index (χ1) is 8.02. The molecule has 17 heavy (non-hydrogen) atoms. The Morgan fingerprint density at radius 1 is 0.882 bits per heavy atom. The number of rotatable bonds is 2. The van der Waals surface area contributed by atoms with Gasteiger partial charge in [-0.15, -0.1) is 0 Å². The SMILES string of the molecule is Cc1c(C(C)C)c(C(C)C)cc2ccccc12. The van der Waals surface area contributed by atoms with Crippen molar-refractivity contribution < 1.29 is 0 Å². The van der Waals surface area contributed by atoms with Crippen LogP contribution in [-0.4, -0.2) is 0 Å². The van der Waals surface area contributed by atoms with Gasteiger partial charge in [0, 0.05) is 0 Å². The summed E-state index contributed by atoms with van der Waals surface area (Å²) in [6.45, 7) is 11.4. The van der Waals surface area contributed by atoms with E-state index in [1.807, 2.05) is 0 Å². The maximum atomic E-state index is 2.38. The Labute approximate surface area is 105 Å². The smallest absolute Gasteiger partial charge is 0.0152 e. The average molecular weight is 226 g/mol. The molecule has 0 fully saturated rings. The van der Waals surface area contributed by atoms with Gasteiger partial charge in [-0.05, 0) is 46.2 Å². The maximum Gasteiger partial charge on any atom is -0.0152 e. The molecule has 0 N–H and O–H groups in total. The summed E-state index contributed by atoms with van der Waals surface area (Å²) < 4.78 is 0. The van der Waals surface area contributed by atoms with Crippen molar-refractivity contribution in [2.45, 2.75) is 46.5 Å². The van der Waals surface area contributed by atoms with E-state index < -0.39 is 0 Å². The Balaban J connectivity index is 2.84. The largest absolute Gasteiger partial charge is 0.0616 e. The lowest BCUT2D eigenvalue weighted by Gasteiger charge is -2.20. The van der Waals surface area contributed by atoms with Crippen LogP contribution in [0.5, 0.6) is 0 Å². The van der Waals surface area contributed by atoms with Crippen LogP contribution in [0.2, 0.25) is 0 Å². The third-order valence-corrected chi connectivity index (χ3v) is 3.59. The molecule has 0 aliphatic heterocycles. The molecule has 0 saturated heterocycles. The zero-order valence-electron chi connectivity index (χ0n) is 11.5. The molecule has 0 nitrogen and oxygen atoms in total. The van der Waals surface area contributed by atoms with Crippen molar-refractivity contribution in [2.24, 2.45) is 0 Å². The summed E-state index contributed by atoms with van der Waals surface area (Å²) in [7, 11) is 0. The first-order valence-corrected chi connectivity index (χ1v) is 6.54. The first-order valence-electron chi connectivity index (χ1n) is 6.54. The lowest BCUT2D eigenvalue weighted by molar-refractivity contribution is 0.786. The highest BCUT2D eigenvalue weighted by atomic mass is 14.2. The first kappa shape index (κ1) is 12.2. The molecular formula is C17H22. The van der Waals surface area contributed by atoms with Gasteiger partial charge in [0.15, 0.2) is 0 Å². The normalized spacial score (nSPS) is 11.7. The molecule has 0 amide bonds. The van der Waals surface area contributed by atoms with E-state index in [0.29, 0.717) is 11.8 Å². The van der Waals surface area contributed by atoms with Crippen LogP contribution in [0.25, 0.3) is 10.8 Å². The van der Waals surface area contributed by atoms with Crippen LogP contribution in [0.1, 0.15) is 56.2 Å². The standard InChI is InChI=1S/C17H22/c1-11(2)16-10-14-8-6-7-9-15(14)13(5)17(16)12(3)4/h6-12H,1-5H3. The minimum atomic E-state index is 0.593. The van der Waals surface area contributed by atoms with E-state index in [0.717, 1.165) is 0 Å². The molecular weight excluding hydrogens is 204 g/mol. The van der Waals surface area contributed by atoms with Gasteiger partial charge in [0.2, 0.25) is 0 Å². The maximum absolute atomic E-state index is 2.38. The van der Waals surface area contributed by atoms with Crippen molar-refractivity contribution in [3.8, 4) is 0 Å². The Morgan fingerprint density at radius 2 is 1.53 bits per heavy atom. The lowest BCUT2D eigenvalue weighted by Crippen LogP contribution is -2.02. The van der Waals surface area contributed by atoms with Crippen LogP contribution in [-0.2, 0) is 0 Å². The fourth-order valence-electron chi connectivity index (χ4n) is 2.82. The molecule has 0 heteroatoms. The lowest BCUT2D eigenvalue weighted by atomic mass is 9.84. The molecule has 2 aromatic rings. The quantitative estimate of drug-likeness (QED) is 0.643. The van der Waals surface area contributed by atoms with Crippen LogP contribution in [0.15, 0.2) is 30.3 Å². The van der Waals surface area contributed by atoms with Gasteiger partial charge in [-0.1, -0.05) is 58.0 Å². The molecule has 0 aliphatic rings. The van der Waals surface area contributed by atoms with Gasteiger partial charge in [-0.2, -0.15) is 0 Å². The topological polar surface area (TPSA) is 0 Å². The number of fused-ring (bicyclic) bond motifs is 1. The van der Waals surface area contributed by atoms with Crippen molar-refractivity contribution in [3.63, 3.8) is 0 Å². The zero-order valence-corrected chi connectivity index (χ0v) is 11.5. The number of hydrogen-bond acceptors (Lipinski definition) is 0. The van der Waals surface area contributed by atoms with Gasteiger partial charge >= 0.3 is 0 Å². The zero-order chi connectivity index (χ0) is 12.6. The van der Waals surface area contributed by atoms with E-state index in [1.54, 1.807) is 5.56 Å². The van der Waals surface area contributed by atoms with E-state index in [4.69, 9.17) is 0 Å². The van der Waals surface area contributed by atoms with Crippen LogP contribution in [0, 0.1) is 6.92 Å². The molecule has 0 radical (unpaired) electrons. The van der Waals surface area contributed by atoms with E-state index in [9.17, 15) is 0 Å². The molecule has 0 aromatic heterocycles. The highest BCUT2D eigenvalue weighted by Gasteiger charge is 2.14.